The maximum atomic E-state index is 12.8. The van der Waals surface area contributed by atoms with E-state index in [0.29, 0.717) is 18.5 Å². The van der Waals surface area contributed by atoms with Crippen LogP contribution in [0.4, 0.5) is 0 Å². The minimum atomic E-state index is -0.112. The number of fused-ring (bicyclic) bond motifs is 1. The lowest BCUT2D eigenvalue weighted by Crippen LogP contribution is -2.27. The Morgan fingerprint density at radius 3 is 2.71 bits per heavy atom. The summed E-state index contributed by atoms with van der Waals surface area (Å²) in [6, 6.07) is 15.2. The highest BCUT2D eigenvalue weighted by molar-refractivity contribution is 6.07. The summed E-state index contributed by atoms with van der Waals surface area (Å²) in [7, 11) is 1.71. The number of rotatable bonds is 4. The summed E-state index contributed by atoms with van der Waals surface area (Å²) in [5.41, 5.74) is 2.99. The Hall–Kier alpha value is -3.26. The number of nitrogens with zero attached hydrogens (tertiary/aromatic N) is 4. The zero-order valence-electron chi connectivity index (χ0n) is 13.3. The molecule has 1 aromatic carbocycles. The fourth-order valence-corrected chi connectivity index (χ4v) is 2.55. The van der Waals surface area contributed by atoms with E-state index in [4.69, 9.17) is 5.26 Å². The van der Waals surface area contributed by atoms with E-state index in [0.717, 1.165) is 22.2 Å². The summed E-state index contributed by atoms with van der Waals surface area (Å²) in [5.74, 6) is -0.112. The molecule has 2 heterocycles. The molecular formula is C19H16N4O. The smallest absolute Gasteiger partial charge is 0.254 e. The van der Waals surface area contributed by atoms with Crippen molar-refractivity contribution in [3.05, 3.63) is 60.4 Å². The van der Waals surface area contributed by atoms with Crippen LogP contribution in [-0.4, -0.2) is 34.4 Å². The molecular weight excluding hydrogens is 300 g/mol. The third-order valence-corrected chi connectivity index (χ3v) is 3.83. The average Bonchev–Trinajstić information content (AvgIpc) is 2.65. The number of benzene rings is 1. The van der Waals surface area contributed by atoms with E-state index >= 15 is 0 Å². The van der Waals surface area contributed by atoms with E-state index in [1.807, 2.05) is 42.5 Å². The summed E-state index contributed by atoms with van der Waals surface area (Å²) in [6.45, 7) is 0.399. The lowest BCUT2D eigenvalue weighted by Gasteiger charge is -2.17. The Labute approximate surface area is 140 Å². The second kappa shape index (κ2) is 6.88. The molecule has 5 nitrogen and oxygen atoms in total. The van der Waals surface area contributed by atoms with Crippen molar-refractivity contribution in [1.82, 2.24) is 14.9 Å². The maximum Gasteiger partial charge on any atom is 0.254 e. The van der Waals surface area contributed by atoms with Crippen molar-refractivity contribution in [3.63, 3.8) is 0 Å². The van der Waals surface area contributed by atoms with Crippen LogP contribution in [0.1, 0.15) is 16.8 Å². The van der Waals surface area contributed by atoms with Crippen LogP contribution in [0.3, 0.4) is 0 Å². The Morgan fingerprint density at radius 1 is 1.21 bits per heavy atom. The second-order valence-corrected chi connectivity index (χ2v) is 5.44. The highest BCUT2D eigenvalue weighted by Crippen LogP contribution is 2.25. The van der Waals surface area contributed by atoms with Gasteiger partial charge in [0, 0.05) is 36.9 Å². The van der Waals surface area contributed by atoms with Crippen molar-refractivity contribution in [2.45, 2.75) is 6.42 Å². The number of nitriles is 1. The zero-order chi connectivity index (χ0) is 16.9. The van der Waals surface area contributed by atoms with E-state index in [1.165, 1.54) is 0 Å². The monoisotopic (exact) mass is 316 g/mol. The summed E-state index contributed by atoms with van der Waals surface area (Å²) >= 11 is 0. The molecule has 0 aliphatic carbocycles. The predicted octanol–water partition coefficient (Wildman–Crippen LogP) is 3.28. The topological polar surface area (TPSA) is 69.9 Å². The van der Waals surface area contributed by atoms with Gasteiger partial charge in [0.05, 0.1) is 29.3 Å². The number of hydrogen-bond donors (Lipinski definition) is 0. The Balaban J connectivity index is 2.12. The van der Waals surface area contributed by atoms with E-state index < -0.39 is 0 Å². The molecule has 0 atom stereocenters. The molecule has 3 rings (SSSR count). The van der Waals surface area contributed by atoms with Crippen molar-refractivity contribution >= 4 is 16.8 Å². The largest absolute Gasteiger partial charge is 0.341 e. The fraction of sp³-hybridized carbons (Fsp3) is 0.158. The van der Waals surface area contributed by atoms with Crippen LogP contribution in [-0.2, 0) is 0 Å². The van der Waals surface area contributed by atoms with Crippen LogP contribution < -0.4 is 0 Å². The van der Waals surface area contributed by atoms with Crippen molar-refractivity contribution in [3.8, 4) is 17.3 Å². The molecule has 0 saturated heterocycles. The summed E-state index contributed by atoms with van der Waals surface area (Å²) in [6.07, 6.45) is 3.71. The van der Waals surface area contributed by atoms with Gasteiger partial charge in [-0.05, 0) is 24.3 Å². The van der Waals surface area contributed by atoms with Gasteiger partial charge in [-0.1, -0.05) is 18.2 Å². The van der Waals surface area contributed by atoms with Gasteiger partial charge in [0.1, 0.15) is 0 Å². The number of para-hydroxylation sites is 1. The van der Waals surface area contributed by atoms with Gasteiger partial charge in [0.15, 0.2) is 0 Å². The molecule has 0 saturated carbocycles. The SMILES string of the molecule is CN(CCC#N)C(=O)c1cc(-c2ccncc2)nc2ccccc12. The number of hydrogen-bond acceptors (Lipinski definition) is 4. The number of carbonyl (C=O) groups excluding carboxylic acids is 1. The molecule has 0 unspecified atom stereocenters. The van der Waals surface area contributed by atoms with E-state index in [-0.39, 0.29) is 5.91 Å². The first-order valence-corrected chi connectivity index (χ1v) is 7.63. The first-order valence-electron chi connectivity index (χ1n) is 7.63. The van der Waals surface area contributed by atoms with Gasteiger partial charge in [-0.3, -0.25) is 9.78 Å². The van der Waals surface area contributed by atoms with Gasteiger partial charge in [-0.25, -0.2) is 4.98 Å². The third kappa shape index (κ3) is 3.08. The van der Waals surface area contributed by atoms with Gasteiger partial charge in [0.2, 0.25) is 0 Å². The molecule has 0 spiro atoms. The Kier molecular flexibility index (Phi) is 4.48. The Morgan fingerprint density at radius 2 is 1.96 bits per heavy atom. The molecule has 0 radical (unpaired) electrons. The summed E-state index contributed by atoms with van der Waals surface area (Å²) in [5, 5.41) is 9.54. The molecule has 2 aromatic heterocycles. The zero-order valence-corrected chi connectivity index (χ0v) is 13.3. The van der Waals surface area contributed by atoms with Crippen LogP contribution in [0.2, 0.25) is 0 Å². The lowest BCUT2D eigenvalue weighted by molar-refractivity contribution is 0.0800. The van der Waals surface area contributed by atoms with E-state index in [2.05, 4.69) is 16.0 Å². The molecule has 0 N–H and O–H groups in total. The van der Waals surface area contributed by atoms with Crippen molar-refractivity contribution < 1.29 is 4.79 Å². The number of amides is 1. The van der Waals surface area contributed by atoms with Gasteiger partial charge >= 0.3 is 0 Å². The molecule has 0 bridgehead atoms. The maximum absolute atomic E-state index is 12.8. The molecule has 118 valence electrons. The lowest BCUT2D eigenvalue weighted by atomic mass is 10.0. The minimum Gasteiger partial charge on any atom is -0.341 e. The normalized spacial score (nSPS) is 10.3. The summed E-state index contributed by atoms with van der Waals surface area (Å²) in [4.78, 5) is 23.1. The fourth-order valence-electron chi connectivity index (χ4n) is 2.55. The van der Waals surface area contributed by atoms with Crippen LogP contribution in [0.5, 0.6) is 0 Å². The number of aromatic nitrogens is 2. The Bertz CT molecular complexity index is 916. The number of carbonyl (C=O) groups is 1. The molecule has 0 aliphatic rings. The molecule has 0 aliphatic heterocycles. The van der Waals surface area contributed by atoms with Gasteiger partial charge in [-0.2, -0.15) is 5.26 Å². The standard InChI is InChI=1S/C19H16N4O/c1-23(12-4-9-20)19(24)16-13-18(14-7-10-21-11-8-14)22-17-6-3-2-5-15(16)17/h2-3,5-8,10-11,13H,4,12H2,1H3. The van der Waals surface area contributed by atoms with Gasteiger partial charge in [-0.15, -0.1) is 0 Å². The molecule has 24 heavy (non-hydrogen) atoms. The highest BCUT2D eigenvalue weighted by atomic mass is 16.2. The predicted molar refractivity (Wildman–Crippen MR) is 92.2 cm³/mol. The third-order valence-electron chi connectivity index (χ3n) is 3.83. The van der Waals surface area contributed by atoms with Crippen LogP contribution in [0.25, 0.3) is 22.2 Å². The van der Waals surface area contributed by atoms with E-state index in [9.17, 15) is 4.79 Å². The summed E-state index contributed by atoms with van der Waals surface area (Å²) < 4.78 is 0. The first-order chi connectivity index (χ1) is 11.7. The molecule has 5 heteroatoms. The van der Waals surface area contributed by atoms with Gasteiger partial charge in [0.25, 0.3) is 5.91 Å². The minimum absolute atomic E-state index is 0.112. The number of pyridine rings is 2. The van der Waals surface area contributed by atoms with Crippen molar-refractivity contribution in [2.75, 3.05) is 13.6 Å². The quantitative estimate of drug-likeness (QED) is 0.740. The van der Waals surface area contributed by atoms with Crippen molar-refractivity contribution in [1.29, 1.82) is 5.26 Å². The first kappa shape index (κ1) is 15.6. The molecule has 3 aromatic rings. The van der Waals surface area contributed by atoms with Crippen LogP contribution >= 0.6 is 0 Å². The van der Waals surface area contributed by atoms with Gasteiger partial charge < -0.3 is 4.90 Å². The van der Waals surface area contributed by atoms with E-state index in [1.54, 1.807) is 24.3 Å². The average molecular weight is 316 g/mol. The van der Waals surface area contributed by atoms with Crippen LogP contribution in [0.15, 0.2) is 54.9 Å². The molecule has 1 amide bonds. The van der Waals surface area contributed by atoms with Crippen molar-refractivity contribution in [2.24, 2.45) is 0 Å². The highest BCUT2D eigenvalue weighted by Gasteiger charge is 2.17. The van der Waals surface area contributed by atoms with Crippen LogP contribution in [0, 0.1) is 11.3 Å². The second-order valence-electron chi connectivity index (χ2n) is 5.44. The molecule has 0 fully saturated rings.